The molecule has 0 saturated heterocycles. The van der Waals surface area contributed by atoms with E-state index in [2.05, 4.69) is 55.3 Å². The monoisotopic (exact) mass is 267 g/mol. The molecule has 2 heterocycles. The number of pyridine rings is 1. The Labute approximate surface area is 97.9 Å². The largest absolute Gasteiger partial charge is 0.364 e. The summed E-state index contributed by atoms with van der Waals surface area (Å²) in [5, 5.41) is 0. The number of aromatic nitrogens is 2. The first-order valence-electron chi connectivity index (χ1n) is 4.98. The summed E-state index contributed by atoms with van der Waals surface area (Å²) >= 11 is 3.49. The van der Waals surface area contributed by atoms with Crippen molar-refractivity contribution in [2.75, 3.05) is 19.0 Å². The molecule has 0 aliphatic rings. The summed E-state index contributed by atoms with van der Waals surface area (Å²) in [4.78, 5) is 6.60. The van der Waals surface area contributed by atoms with E-state index >= 15 is 0 Å². The van der Waals surface area contributed by atoms with Crippen molar-refractivity contribution in [1.82, 2.24) is 9.38 Å². The summed E-state index contributed by atoms with van der Waals surface area (Å²) in [6.45, 7) is 2.12. The van der Waals surface area contributed by atoms with Crippen LogP contribution in [-0.4, -0.2) is 23.5 Å². The van der Waals surface area contributed by atoms with Gasteiger partial charge in [0, 0.05) is 20.5 Å². The third kappa shape index (κ3) is 1.63. The van der Waals surface area contributed by atoms with Gasteiger partial charge >= 0.3 is 0 Å². The lowest BCUT2D eigenvalue weighted by molar-refractivity contribution is 0.907. The van der Waals surface area contributed by atoms with Crippen LogP contribution in [0.3, 0.4) is 0 Å². The first-order valence-corrected chi connectivity index (χ1v) is 5.77. The molecule has 2 aromatic heterocycles. The molecule has 0 radical (unpaired) electrons. The zero-order chi connectivity index (χ0) is 11.0. The van der Waals surface area contributed by atoms with Gasteiger partial charge in [0.1, 0.15) is 16.2 Å². The van der Waals surface area contributed by atoms with Gasteiger partial charge in [0.25, 0.3) is 0 Å². The summed E-state index contributed by atoms with van der Waals surface area (Å²) in [6, 6.07) is 6.22. The van der Waals surface area contributed by atoms with Gasteiger partial charge in [-0.3, -0.25) is 4.40 Å². The molecule has 2 rings (SSSR count). The van der Waals surface area contributed by atoms with Crippen molar-refractivity contribution in [2.45, 2.75) is 13.3 Å². The van der Waals surface area contributed by atoms with E-state index in [0.29, 0.717) is 0 Å². The van der Waals surface area contributed by atoms with Gasteiger partial charge in [-0.25, -0.2) is 4.98 Å². The van der Waals surface area contributed by atoms with Crippen molar-refractivity contribution >= 4 is 27.3 Å². The van der Waals surface area contributed by atoms with Crippen LogP contribution in [0, 0.1) is 0 Å². The predicted molar refractivity (Wildman–Crippen MR) is 66.6 cm³/mol. The number of imidazole rings is 1. The maximum atomic E-state index is 4.50. The smallest absolute Gasteiger partial charge is 0.132 e. The number of aryl methyl sites for hydroxylation is 1. The van der Waals surface area contributed by atoms with Crippen LogP contribution in [-0.2, 0) is 6.42 Å². The van der Waals surface area contributed by atoms with Gasteiger partial charge in [-0.1, -0.05) is 13.0 Å². The maximum Gasteiger partial charge on any atom is 0.132 e. The molecule has 0 saturated carbocycles. The number of halogens is 1. The highest BCUT2D eigenvalue weighted by Gasteiger charge is 2.11. The average Bonchev–Trinajstić information content (AvgIpc) is 2.55. The highest BCUT2D eigenvalue weighted by Crippen LogP contribution is 2.24. The Hall–Kier alpha value is -1.03. The van der Waals surface area contributed by atoms with E-state index in [1.54, 1.807) is 0 Å². The fourth-order valence-electron chi connectivity index (χ4n) is 1.74. The Balaban J connectivity index is 2.82. The second kappa shape index (κ2) is 3.85. The normalized spacial score (nSPS) is 10.9. The molecule has 15 heavy (non-hydrogen) atoms. The third-order valence-corrected chi connectivity index (χ3v) is 3.02. The molecule has 80 valence electrons. The van der Waals surface area contributed by atoms with Gasteiger partial charge in [-0.05, 0) is 28.1 Å². The van der Waals surface area contributed by atoms with Crippen LogP contribution in [0.1, 0.15) is 12.7 Å². The highest BCUT2D eigenvalue weighted by atomic mass is 79.9. The standard InChI is InChI=1S/C11H14BrN3/c1-4-9-13-11(12)8-6-5-7-10(14(2)3)15(8)9/h5-7H,4H2,1-3H3. The number of rotatable bonds is 2. The van der Waals surface area contributed by atoms with E-state index in [1.807, 2.05) is 14.1 Å². The molecule has 0 aliphatic carbocycles. The molecule has 0 amide bonds. The summed E-state index contributed by atoms with van der Waals surface area (Å²) in [5.41, 5.74) is 1.12. The van der Waals surface area contributed by atoms with Crippen LogP contribution in [0.2, 0.25) is 0 Å². The Morgan fingerprint density at radius 2 is 2.13 bits per heavy atom. The average molecular weight is 268 g/mol. The van der Waals surface area contributed by atoms with E-state index in [1.165, 1.54) is 0 Å². The maximum absolute atomic E-state index is 4.50. The predicted octanol–water partition coefficient (Wildman–Crippen LogP) is 2.73. The van der Waals surface area contributed by atoms with E-state index in [4.69, 9.17) is 0 Å². The molecule has 4 heteroatoms. The minimum Gasteiger partial charge on any atom is -0.364 e. The summed E-state index contributed by atoms with van der Waals surface area (Å²) in [6.07, 6.45) is 0.928. The van der Waals surface area contributed by atoms with Gasteiger partial charge < -0.3 is 4.90 Å². The molecule has 3 nitrogen and oxygen atoms in total. The van der Waals surface area contributed by atoms with Crippen molar-refractivity contribution in [3.8, 4) is 0 Å². The van der Waals surface area contributed by atoms with Gasteiger partial charge in [0.2, 0.25) is 0 Å². The van der Waals surface area contributed by atoms with Crippen LogP contribution >= 0.6 is 15.9 Å². The Morgan fingerprint density at radius 3 is 2.73 bits per heavy atom. The zero-order valence-corrected chi connectivity index (χ0v) is 10.7. The van der Waals surface area contributed by atoms with E-state index in [-0.39, 0.29) is 0 Å². The number of fused-ring (bicyclic) bond motifs is 1. The zero-order valence-electron chi connectivity index (χ0n) is 9.16. The lowest BCUT2D eigenvalue weighted by Gasteiger charge is -2.15. The first-order chi connectivity index (χ1) is 7.15. The van der Waals surface area contributed by atoms with E-state index in [9.17, 15) is 0 Å². The van der Waals surface area contributed by atoms with Gasteiger partial charge in [0.15, 0.2) is 0 Å². The topological polar surface area (TPSA) is 20.5 Å². The van der Waals surface area contributed by atoms with E-state index < -0.39 is 0 Å². The van der Waals surface area contributed by atoms with Crippen molar-refractivity contribution in [3.63, 3.8) is 0 Å². The summed E-state index contributed by atoms with van der Waals surface area (Å²) < 4.78 is 3.10. The number of hydrogen-bond donors (Lipinski definition) is 0. The van der Waals surface area contributed by atoms with Crippen molar-refractivity contribution < 1.29 is 0 Å². The molecular weight excluding hydrogens is 254 g/mol. The highest BCUT2D eigenvalue weighted by molar-refractivity contribution is 9.10. The number of hydrogen-bond acceptors (Lipinski definition) is 2. The molecule has 0 fully saturated rings. The van der Waals surface area contributed by atoms with Crippen molar-refractivity contribution in [2.24, 2.45) is 0 Å². The fourth-order valence-corrected chi connectivity index (χ4v) is 2.25. The van der Waals surface area contributed by atoms with Gasteiger partial charge in [-0.2, -0.15) is 0 Å². The van der Waals surface area contributed by atoms with Crippen LogP contribution in [0.15, 0.2) is 22.8 Å². The minimum absolute atomic E-state index is 0.919. The van der Waals surface area contributed by atoms with Crippen LogP contribution < -0.4 is 4.90 Å². The number of anilines is 1. The molecule has 0 N–H and O–H groups in total. The molecule has 0 aliphatic heterocycles. The van der Waals surface area contributed by atoms with Crippen molar-refractivity contribution in [3.05, 3.63) is 28.6 Å². The van der Waals surface area contributed by atoms with E-state index in [0.717, 1.165) is 28.2 Å². The van der Waals surface area contributed by atoms with Gasteiger partial charge in [-0.15, -0.1) is 0 Å². The molecular formula is C11H14BrN3. The van der Waals surface area contributed by atoms with Gasteiger partial charge in [0.05, 0.1) is 5.52 Å². The number of nitrogens with zero attached hydrogens (tertiary/aromatic N) is 3. The Bertz CT molecular complexity index is 488. The second-order valence-corrected chi connectivity index (χ2v) is 4.42. The Morgan fingerprint density at radius 1 is 1.40 bits per heavy atom. The lowest BCUT2D eigenvalue weighted by atomic mass is 10.3. The van der Waals surface area contributed by atoms with Crippen LogP contribution in [0.4, 0.5) is 5.82 Å². The fraction of sp³-hybridized carbons (Fsp3) is 0.364. The molecule has 2 aromatic rings. The molecule has 0 atom stereocenters. The van der Waals surface area contributed by atoms with Crippen molar-refractivity contribution in [1.29, 1.82) is 0 Å². The summed E-state index contributed by atoms with van der Waals surface area (Å²) in [5.74, 6) is 2.24. The third-order valence-electron chi connectivity index (χ3n) is 2.44. The van der Waals surface area contributed by atoms with Crippen LogP contribution in [0.5, 0.6) is 0 Å². The molecule has 0 spiro atoms. The molecule has 0 bridgehead atoms. The quantitative estimate of drug-likeness (QED) is 0.834. The minimum atomic E-state index is 0.919. The lowest BCUT2D eigenvalue weighted by Crippen LogP contribution is -2.13. The summed E-state index contributed by atoms with van der Waals surface area (Å²) in [7, 11) is 4.09. The Kier molecular flexibility index (Phi) is 2.69. The SMILES string of the molecule is CCc1nc(Br)c2cccc(N(C)C)n12. The first kappa shape index (κ1) is 10.5. The van der Waals surface area contributed by atoms with Crippen LogP contribution in [0.25, 0.3) is 5.52 Å². The molecule has 0 unspecified atom stereocenters. The molecule has 0 aromatic carbocycles. The second-order valence-electron chi connectivity index (χ2n) is 3.67.